The highest BCUT2D eigenvalue weighted by atomic mass is 32.2. The highest BCUT2D eigenvalue weighted by Gasteiger charge is 2.28. The second kappa shape index (κ2) is 8.69. The van der Waals surface area contributed by atoms with Crippen molar-refractivity contribution < 1.29 is 13.2 Å². The molecular formula is C16H30N4O3S. The number of nitrogens with zero attached hydrogens (tertiary/aromatic N) is 2. The van der Waals surface area contributed by atoms with Crippen molar-refractivity contribution in [2.45, 2.75) is 45.6 Å². The van der Waals surface area contributed by atoms with Crippen molar-refractivity contribution in [1.29, 1.82) is 0 Å². The standard InChI is InChI=1S/C16H30N4O3S/c1-3-17-16(19-14-7-10-24(22,23)12-14)18-8-6-15(21)20-9-4-5-13(2)11-20/h13-14H,3-12H2,1-2H3,(H2,17,18,19). The molecule has 2 aliphatic rings. The molecule has 138 valence electrons. The first-order chi connectivity index (χ1) is 11.4. The minimum absolute atomic E-state index is 0.0913. The van der Waals surface area contributed by atoms with E-state index >= 15 is 0 Å². The Bertz CT molecular complexity index is 562. The molecule has 8 heteroatoms. The number of hydrogen-bond donors (Lipinski definition) is 2. The molecule has 24 heavy (non-hydrogen) atoms. The lowest BCUT2D eigenvalue weighted by molar-refractivity contribution is -0.132. The fourth-order valence-corrected chi connectivity index (χ4v) is 4.93. The number of aliphatic imine (C=N–C) groups is 1. The lowest BCUT2D eigenvalue weighted by Crippen LogP contribution is -2.44. The number of guanidine groups is 1. The van der Waals surface area contributed by atoms with E-state index in [1.807, 2.05) is 11.8 Å². The largest absolute Gasteiger partial charge is 0.357 e. The van der Waals surface area contributed by atoms with Crippen molar-refractivity contribution in [2.24, 2.45) is 10.9 Å². The SMILES string of the molecule is CCNC(=NCCC(=O)N1CCCC(C)C1)NC1CCS(=O)(=O)C1. The zero-order valence-corrected chi connectivity index (χ0v) is 15.6. The summed E-state index contributed by atoms with van der Waals surface area (Å²) in [6.45, 7) is 6.96. The van der Waals surface area contributed by atoms with E-state index in [4.69, 9.17) is 0 Å². The maximum atomic E-state index is 12.2. The molecule has 0 radical (unpaired) electrons. The van der Waals surface area contributed by atoms with Crippen LogP contribution in [0.3, 0.4) is 0 Å². The summed E-state index contributed by atoms with van der Waals surface area (Å²) in [5, 5.41) is 6.28. The van der Waals surface area contributed by atoms with Crippen LogP contribution in [-0.4, -0.2) is 68.9 Å². The molecule has 7 nitrogen and oxygen atoms in total. The molecule has 0 bridgehead atoms. The third-order valence-electron chi connectivity index (χ3n) is 4.52. The van der Waals surface area contributed by atoms with E-state index in [-0.39, 0.29) is 23.5 Å². The van der Waals surface area contributed by atoms with Crippen molar-refractivity contribution in [3.05, 3.63) is 0 Å². The van der Waals surface area contributed by atoms with Gasteiger partial charge >= 0.3 is 0 Å². The molecule has 0 spiro atoms. The number of carbonyl (C=O) groups is 1. The average molecular weight is 359 g/mol. The third-order valence-corrected chi connectivity index (χ3v) is 6.29. The maximum absolute atomic E-state index is 12.2. The Morgan fingerprint density at radius 3 is 2.75 bits per heavy atom. The summed E-state index contributed by atoms with van der Waals surface area (Å²) in [6, 6.07) is -0.0913. The fourth-order valence-electron chi connectivity index (χ4n) is 3.26. The molecular weight excluding hydrogens is 328 g/mol. The van der Waals surface area contributed by atoms with Gasteiger partial charge in [-0.25, -0.2) is 8.42 Å². The molecule has 2 rings (SSSR count). The van der Waals surface area contributed by atoms with E-state index in [1.165, 1.54) is 6.42 Å². The van der Waals surface area contributed by atoms with E-state index < -0.39 is 9.84 Å². The van der Waals surface area contributed by atoms with Crippen LogP contribution < -0.4 is 10.6 Å². The van der Waals surface area contributed by atoms with Gasteiger partial charge in [0.25, 0.3) is 0 Å². The molecule has 2 N–H and O–H groups in total. The molecule has 2 fully saturated rings. The van der Waals surface area contributed by atoms with Gasteiger partial charge in [0.1, 0.15) is 0 Å². The van der Waals surface area contributed by atoms with Gasteiger partial charge in [-0.1, -0.05) is 6.92 Å². The zero-order chi connectivity index (χ0) is 17.6. The minimum Gasteiger partial charge on any atom is -0.357 e. The molecule has 1 amide bonds. The molecule has 2 unspecified atom stereocenters. The molecule has 0 aliphatic carbocycles. The van der Waals surface area contributed by atoms with E-state index in [9.17, 15) is 13.2 Å². The van der Waals surface area contributed by atoms with E-state index in [0.29, 0.717) is 37.8 Å². The first kappa shape index (κ1) is 19.0. The summed E-state index contributed by atoms with van der Waals surface area (Å²) < 4.78 is 23.1. The summed E-state index contributed by atoms with van der Waals surface area (Å²) in [5.41, 5.74) is 0. The van der Waals surface area contributed by atoms with Gasteiger partial charge in [0, 0.05) is 32.1 Å². The van der Waals surface area contributed by atoms with Gasteiger partial charge in [-0.05, 0) is 32.1 Å². The van der Waals surface area contributed by atoms with Gasteiger partial charge < -0.3 is 15.5 Å². The molecule has 0 aromatic rings. The van der Waals surface area contributed by atoms with Crippen LogP contribution in [0.5, 0.6) is 0 Å². The normalized spacial score (nSPS) is 27.1. The Labute approximate surface area is 145 Å². The first-order valence-corrected chi connectivity index (χ1v) is 10.7. The number of carbonyl (C=O) groups excluding carboxylic acids is 1. The second-order valence-corrected chi connectivity index (χ2v) is 9.07. The minimum atomic E-state index is -2.92. The number of hydrogen-bond acceptors (Lipinski definition) is 4. The molecule has 0 aromatic carbocycles. The van der Waals surface area contributed by atoms with Crippen LogP contribution in [0.25, 0.3) is 0 Å². The molecule has 2 atom stereocenters. The quantitative estimate of drug-likeness (QED) is 0.548. The molecule has 2 aliphatic heterocycles. The summed E-state index contributed by atoms with van der Waals surface area (Å²) in [7, 11) is -2.92. The Kier molecular flexibility index (Phi) is 6.89. The molecule has 0 saturated carbocycles. The van der Waals surface area contributed by atoms with Gasteiger partial charge in [0.2, 0.25) is 5.91 Å². The monoisotopic (exact) mass is 358 g/mol. The molecule has 2 saturated heterocycles. The van der Waals surface area contributed by atoms with Crippen LogP contribution in [-0.2, 0) is 14.6 Å². The number of sulfone groups is 1. The first-order valence-electron chi connectivity index (χ1n) is 8.92. The van der Waals surface area contributed by atoms with Crippen molar-refractivity contribution >= 4 is 21.7 Å². The smallest absolute Gasteiger partial charge is 0.224 e. The van der Waals surface area contributed by atoms with Gasteiger partial charge in [-0.3, -0.25) is 9.79 Å². The summed E-state index contributed by atoms with van der Waals surface area (Å²) in [6.07, 6.45) is 3.28. The Morgan fingerprint density at radius 1 is 1.33 bits per heavy atom. The van der Waals surface area contributed by atoms with E-state index in [1.54, 1.807) is 0 Å². The summed E-state index contributed by atoms with van der Waals surface area (Å²) in [5.74, 6) is 1.72. The molecule has 2 heterocycles. The third kappa shape index (κ3) is 5.96. The predicted molar refractivity (Wildman–Crippen MR) is 95.8 cm³/mol. The van der Waals surface area contributed by atoms with E-state index in [0.717, 1.165) is 19.5 Å². The van der Waals surface area contributed by atoms with Crippen LogP contribution in [0.2, 0.25) is 0 Å². The van der Waals surface area contributed by atoms with Gasteiger partial charge in [0.05, 0.1) is 18.1 Å². The van der Waals surface area contributed by atoms with Gasteiger partial charge in [0.15, 0.2) is 15.8 Å². The van der Waals surface area contributed by atoms with Gasteiger partial charge in [-0.15, -0.1) is 0 Å². The maximum Gasteiger partial charge on any atom is 0.224 e. The van der Waals surface area contributed by atoms with Crippen molar-refractivity contribution in [1.82, 2.24) is 15.5 Å². The number of amides is 1. The lowest BCUT2D eigenvalue weighted by Gasteiger charge is -2.30. The highest BCUT2D eigenvalue weighted by molar-refractivity contribution is 7.91. The number of rotatable bonds is 5. The highest BCUT2D eigenvalue weighted by Crippen LogP contribution is 2.16. The van der Waals surface area contributed by atoms with Crippen LogP contribution in [0.4, 0.5) is 0 Å². The van der Waals surface area contributed by atoms with Crippen molar-refractivity contribution in [2.75, 3.05) is 37.7 Å². The van der Waals surface area contributed by atoms with Crippen LogP contribution in [0.1, 0.15) is 39.5 Å². The lowest BCUT2D eigenvalue weighted by atomic mass is 10.00. The van der Waals surface area contributed by atoms with Crippen molar-refractivity contribution in [3.8, 4) is 0 Å². The second-order valence-electron chi connectivity index (χ2n) is 6.84. The van der Waals surface area contributed by atoms with Crippen LogP contribution in [0, 0.1) is 5.92 Å². The zero-order valence-electron chi connectivity index (χ0n) is 14.8. The Morgan fingerprint density at radius 2 is 2.12 bits per heavy atom. The number of nitrogens with one attached hydrogen (secondary N) is 2. The Balaban J connectivity index is 1.81. The topological polar surface area (TPSA) is 90.9 Å². The Hall–Kier alpha value is -1.31. The number of likely N-dealkylation sites (tertiary alicyclic amines) is 1. The summed E-state index contributed by atoms with van der Waals surface area (Å²) in [4.78, 5) is 18.6. The van der Waals surface area contributed by atoms with E-state index in [2.05, 4.69) is 22.5 Å². The van der Waals surface area contributed by atoms with Crippen LogP contribution in [0.15, 0.2) is 4.99 Å². The summed E-state index contributed by atoms with van der Waals surface area (Å²) >= 11 is 0. The predicted octanol–water partition coefficient (Wildman–Crippen LogP) is 0.377. The van der Waals surface area contributed by atoms with Gasteiger partial charge in [-0.2, -0.15) is 0 Å². The van der Waals surface area contributed by atoms with Crippen molar-refractivity contribution in [3.63, 3.8) is 0 Å². The van der Waals surface area contributed by atoms with Crippen LogP contribution >= 0.6 is 0 Å². The fraction of sp³-hybridized carbons (Fsp3) is 0.875. The average Bonchev–Trinajstić information content (AvgIpc) is 2.86. The molecule has 0 aromatic heterocycles. The number of piperidine rings is 1.